The Morgan fingerprint density at radius 2 is 1.88 bits per heavy atom. The number of hydrogen-bond donors (Lipinski definition) is 3. The summed E-state index contributed by atoms with van der Waals surface area (Å²) in [6.45, 7) is 1.96. The van der Waals surface area contributed by atoms with E-state index in [0.717, 1.165) is 29.7 Å². The zero-order chi connectivity index (χ0) is 12.3. The van der Waals surface area contributed by atoms with Crippen molar-refractivity contribution in [2.24, 2.45) is 0 Å². The maximum Gasteiger partial charge on any atom is 0.166 e. The Bertz CT molecular complexity index is 208. The number of rotatable bonds is 7. The largest absolute Gasteiger partial charge is 0.362 e. The van der Waals surface area contributed by atoms with Crippen LogP contribution in [0, 0.1) is 0 Å². The third-order valence-electron chi connectivity index (χ3n) is 2.72. The van der Waals surface area contributed by atoms with E-state index < -0.39 is 0 Å². The van der Waals surface area contributed by atoms with Crippen LogP contribution in [0.15, 0.2) is 0 Å². The van der Waals surface area contributed by atoms with Crippen molar-refractivity contribution in [1.82, 2.24) is 10.6 Å². The average Bonchev–Trinajstić information content (AvgIpc) is 2.35. The summed E-state index contributed by atoms with van der Waals surface area (Å²) >= 11 is 5.29. The molecule has 1 aliphatic rings. The van der Waals surface area contributed by atoms with Crippen molar-refractivity contribution in [1.29, 1.82) is 0 Å². The molecule has 100 valence electrons. The Hall–Kier alpha value is 0.350. The monoisotopic (exact) mass is 294 g/mol. The van der Waals surface area contributed by atoms with E-state index in [4.69, 9.17) is 12.2 Å². The second kappa shape index (κ2) is 10.3. The van der Waals surface area contributed by atoms with Crippen LogP contribution in [0.4, 0.5) is 0 Å². The summed E-state index contributed by atoms with van der Waals surface area (Å²) in [5, 5.41) is 7.53. The Labute approximate surface area is 118 Å². The van der Waals surface area contributed by atoms with Crippen LogP contribution in [0.3, 0.4) is 0 Å². The fourth-order valence-electron chi connectivity index (χ4n) is 1.87. The van der Waals surface area contributed by atoms with Gasteiger partial charge in [-0.3, -0.25) is 0 Å². The number of hydrogen-bond acceptors (Lipinski definition) is 3. The molecule has 0 radical (unpaired) electrons. The van der Waals surface area contributed by atoms with Crippen molar-refractivity contribution in [3.8, 4) is 0 Å². The Morgan fingerprint density at radius 3 is 2.59 bits per heavy atom. The van der Waals surface area contributed by atoms with Crippen molar-refractivity contribution in [3.63, 3.8) is 0 Å². The fraction of sp³-hybridized carbons (Fsp3) is 0.909. The minimum Gasteiger partial charge on any atom is -0.362 e. The summed E-state index contributed by atoms with van der Waals surface area (Å²) in [5.74, 6) is 2.23. The summed E-state index contributed by atoms with van der Waals surface area (Å²) in [6.07, 6.45) is 6.63. The molecule has 0 heterocycles. The predicted molar refractivity (Wildman–Crippen MR) is 83.3 cm³/mol. The molecule has 3 nitrogen and oxygen atoms in total. The highest BCUT2D eigenvalue weighted by atomic mass is 33.1. The van der Waals surface area contributed by atoms with Crippen molar-refractivity contribution in [3.05, 3.63) is 0 Å². The second-order valence-electron chi connectivity index (χ2n) is 4.23. The van der Waals surface area contributed by atoms with Gasteiger partial charge >= 0.3 is 0 Å². The van der Waals surface area contributed by atoms with E-state index in [2.05, 4.69) is 16.4 Å². The summed E-state index contributed by atoms with van der Waals surface area (Å²) in [5.41, 5.74) is 3.82. The first-order valence-electron chi connectivity index (χ1n) is 6.41. The van der Waals surface area contributed by atoms with Gasteiger partial charge in [-0.05, 0) is 25.1 Å². The molecule has 5 N–H and O–H groups in total. The molecule has 0 bridgehead atoms. The van der Waals surface area contributed by atoms with E-state index >= 15 is 0 Å². The lowest BCUT2D eigenvalue weighted by Crippen LogP contribution is -2.51. The third kappa shape index (κ3) is 8.13. The van der Waals surface area contributed by atoms with Gasteiger partial charge in [0.25, 0.3) is 0 Å². The molecule has 1 rings (SSSR count). The molecule has 0 atom stereocenters. The highest BCUT2D eigenvalue weighted by molar-refractivity contribution is 8.76. The summed E-state index contributed by atoms with van der Waals surface area (Å²) in [6, 6.07) is 0.608. The van der Waals surface area contributed by atoms with E-state index in [1.165, 1.54) is 32.1 Å². The molecule has 0 aromatic heterocycles. The summed E-state index contributed by atoms with van der Waals surface area (Å²) in [7, 11) is 3.78. The van der Waals surface area contributed by atoms with Gasteiger partial charge in [-0.15, -0.1) is 0 Å². The number of thiocarbonyl (C=S) groups is 1. The maximum absolute atomic E-state index is 5.29. The first-order chi connectivity index (χ1) is 8.33. The van der Waals surface area contributed by atoms with E-state index in [1.54, 1.807) is 0 Å². The molecule has 0 aromatic rings. The van der Waals surface area contributed by atoms with E-state index in [1.807, 2.05) is 21.6 Å². The Morgan fingerprint density at radius 1 is 1.18 bits per heavy atom. The molecule has 0 aliphatic heterocycles. The first-order valence-corrected chi connectivity index (χ1v) is 9.30. The molecule has 0 unspecified atom stereocenters. The van der Waals surface area contributed by atoms with Crippen LogP contribution in [0.1, 0.15) is 32.1 Å². The van der Waals surface area contributed by atoms with E-state index in [9.17, 15) is 0 Å². The zero-order valence-electron chi connectivity index (χ0n) is 10.4. The van der Waals surface area contributed by atoms with Crippen LogP contribution in [0.25, 0.3) is 0 Å². The van der Waals surface area contributed by atoms with Gasteiger partial charge < -0.3 is 16.4 Å². The molecule has 1 saturated carbocycles. The van der Waals surface area contributed by atoms with E-state index in [0.29, 0.717) is 6.04 Å². The van der Waals surface area contributed by atoms with Crippen molar-refractivity contribution in [2.75, 3.05) is 24.6 Å². The molecular weight excluding hydrogens is 270 g/mol. The minimum atomic E-state index is 0.608. The molecule has 1 aliphatic carbocycles. The van der Waals surface area contributed by atoms with Crippen molar-refractivity contribution in [2.45, 2.75) is 38.1 Å². The molecule has 0 amide bonds. The van der Waals surface area contributed by atoms with Gasteiger partial charge in [0.1, 0.15) is 0 Å². The second-order valence-corrected chi connectivity index (χ2v) is 7.34. The predicted octanol–water partition coefficient (Wildman–Crippen LogP) is 1.41. The maximum atomic E-state index is 5.29. The molecule has 1 fully saturated rings. The smallest absolute Gasteiger partial charge is 0.166 e. The summed E-state index contributed by atoms with van der Waals surface area (Å²) in [4.78, 5) is 0. The van der Waals surface area contributed by atoms with Crippen LogP contribution >= 0.6 is 33.8 Å². The van der Waals surface area contributed by atoms with Crippen LogP contribution in [-0.4, -0.2) is 35.7 Å². The molecule has 17 heavy (non-hydrogen) atoms. The molecule has 0 spiro atoms. The molecular formula is C11H24N3S3+. The lowest BCUT2D eigenvalue weighted by molar-refractivity contribution is -0.360. The van der Waals surface area contributed by atoms with Gasteiger partial charge in [-0.1, -0.05) is 40.9 Å². The molecule has 0 saturated heterocycles. The van der Waals surface area contributed by atoms with Crippen molar-refractivity contribution >= 4 is 38.9 Å². The molecule has 6 heteroatoms. The average molecular weight is 295 g/mol. The number of nitrogens with one attached hydrogen (secondary N) is 2. The van der Waals surface area contributed by atoms with Crippen LogP contribution < -0.4 is 16.4 Å². The van der Waals surface area contributed by atoms with Crippen molar-refractivity contribution < 1.29 is 5.73 Å². The Kier molecular flexibility index (Phi) is 9.33. The van der Waals surface area contributed by atoms with Gasteiger partial charge in [-0.2, -0.15) is 0 Å². The highest BCUT2D eigenvalue weighted by Crippen LogP contribution is 2.19. The van der Waals surface area contributed by atoms with Gasteiger partial charge in [0, 0.05) is 18.3 Å². The zero-order valence-corrected chi connectivity index (χ0v) is 12.8. The van der Waals surface area contributed by atoms with Gasteiger partial charge in [0.15, 0.2) is 5.11 Å². The Balaban J connectivity index is 1.93. The lowest BCUT2D eigenvalue weighted by atomic mass is 9.96. The topological polar surface area (TPSA) is 51.7 Å². The van der Waals surface area contributed by atoms with Crippen LogP contribution in [-0.2, 0) is 0 Å². The van der Waals surface area contributed by atoms with Crippen LogP contribution in [0.2, 0.25) is 0 Å². The van der Waals surface area contributed by atoms with Gasteiger partial charge in [0.2, 0.25) is 0 Å². The van der Waals surface area contributed by atoms with Gasteiger partial charge in [0.05, 0.1) is 12.3 Å². The number of quaternary nitrogens is 1. The minimum absolute atomic E-state index is 0.608. The van der Waals surface area contributed by atoms with E-state index in [-0.39, 0.29) is 0 Å². The third-order valence-corrected chi connectivity index (χ3v) is 5.48. The SMILES string of the molecule is [NH3+]CCSSCCNC(=S)NC1CCCCC1. The lowest BCUT2D eigenvalue weighted by Gasteiger charge is -2.24. The normalized spacial score (nSPS) is 16.8. The fourth-order valence-corrected chi connectivity index (χ4v) is 3.98. The van der Waals surface area contributed by atoms with Crippen LogP contribution in [0.5, 0.6) is 0 Å². The standard InChI is InChI=1S/C11H23N3S3/c12-6-8-16-17-9-7-13-11(15)14-10-4-2-1-3-5-10/h10H,1-9,12H2,(H2,13,14,15)/p+1. The highest BCUT2D eigenvalue weighted by Gasteiger charge is 2.13. The van der Waals surface area contributed by atoms with Gasteiger partial charge in [-0.25, -0.2) is 0 Å². The molecule has 0 aromatic carbocycles. The first kappa shape index (κ1) is 15.4. The quantitative estimate of drug-likeness (QED) is 0.376. The summed E-state index contributed by atoms with van der Waals surface area (Å²) < 4.78 is 0.